The molecule has 0 spiro atoms. The van der Waals surface area contributed by atoms with Crippen molar-refractivity contribution in [3.05, 3.63) is 63.7 Å². The third-order valence-corrected chi connectivity index (χ3v) is 4.50. The van der Waals surface area contributed by atoms with Crippen LogP contribution in [0.3, 0.4) is 0 Å². The molecule has 0 unspecified atom stereocenters. The van der Waals surface area contributed by atoms with E-state index in [0.29, 0.717) is 16.5 Å². The quantitative estimate of drug-likeness (QED) is 0.801. The SMILES string of the molecule is COc1cc(C)c([C@H](C)NC(=O)c2ccccc2Cl)cc1C(C)C. The zero-order chi connectivity index (χ0) is 17.9. The number of ether oxygens (including phenoxy) is 1. The second kappa shape index (κ2) is 7.71. The van der Waals surface area contributed by atoms with Gasteiger partial charge in [-0.1, -0.05) is 37.6 Å². The van der Waals surface area contributed by atoms with Crippen LogP contribution in [0, 0.1) is 6.92 Å². The summed E-state index contributed by atoms with van der Waals surface area (Å²) < 4.78 is 5.48. The summed E-state index contributed by atoms with van der Waals surface area (Å²) in [4.78, 5) is 12.5. The summed E-state index contributed by atoms with van der Waals surface area (Å²) in [6, 6.07) is 11.1. The van der Waals surface area contributed by atoms with Crippen LogP contribution in [-0.4, -0.2) is 13.0 Å². The van der Waals surface area contributed by atoms with E-state index >= 15 is 0 Å². The number of nitrogens with one attached hydrogen (secondary N) is 1. The number of benzene rings is 2. The molecular weight excluding hydrogens is 322 g/mol. The second-order valence-electron chi connectivity index (χ2n) is 6.28. The molecule has 0 saturated heterocycles. The topological polar surface area (TPSA) is 38.3 Å². The molecule has 0 aliphatic carbocycles. The Hall–Kier alpha value is -2.00. The molecular formula is C20H24ClNO2. The van der Waals surface area contributed by atoms with Crippen LogP contribution in [0.4, 0.5) is 0 Å². The highest BCUT2D eigenvalue weighted by molar-refractivity contribution is 6.33. The number of hydrogen-bond donors (Lipinski definition) is 1. The van der Waals surface area contributed by atoms with E-state index in [1.54, 1.807) is 25.3 Å². The van der Waals surface area contributed by atoms with Crippen LogP contribution < -0.4 is 10.1 Å². The minimum Gasteiger partial charge on any atom is -0.496 e. The Morgan fingerprint density at radius 1 is 1.12 bits per heavy atom. The first kappa shape index (κ1) is 18.3. The summed E-state index contributed by atoms with van der Waals surface area (Å²) in [5.41, 5.74) is 3.79. The van der Waals surface area contributed by atoms with E-state index in [1.165, 1.54) is 0 Å². The van der Waals surface area contributed by atoms with Gasteiger partial charge in [0.05, 0.1) is 23.7 Å². The molecule has 4 heteroatoms. The molecule has 3 nitrogen and oxygen atoms in total. The van der Waals surface area contributed by atoms with Gasteiger partial charge in [-0.25, -0.2) is 0 Å². The zero-order valence-electron chi connectivity index (χ0n) is 14.8. The molecule has 0 aliphatic heterocycles. The van der Waals surface area contributed by atoms with Crippen molar-refractivity contribution in [1.82, 2.24) is 5.32 Å². The Bertz CT molecular complexity index is 740. The summed E-state index contributed by atoms with van der Waals surface area (Å²) in [7, 11) is 1.68. The van der Waals surface area contributed by atoms with Gasteiger partial charge in [-0.15, -0.1) is 0 Å². The first-order valence-electron chi connectivity index (χ1n) is 8.09. The molecule has 2 aromatic carbocycles. The van der Waals surface area contributed by atoms with Gasteiger partial charge < -0.3 is 10.1 Å². The van der Waals surface area contributed by atoms with E-state index in [4.69, 9.17) is 16.3 Å². The van der Waals surface area contributed by atoms with Gasteiger partial charge in [-0.3, -0.25) is 4.79 Å². The highest BCUT2D eigenvalue weighted by atomic mass is 35.5. The Morgan fingerprint density at radius 2 is 1.79 bits per heavy atom. The number of methoxy groups -OCH3 is 1. The maximum atomic E-state index is 12.5. The fourth-order valence-electron chi connectivity index (χ4n) is 2.81. The molecule has 0 heterocycles. The Balaban J connectivity index is 2.29. The van der Waals surface area contributed by atoms with E-state index in [1.807, 2.05) is 26.0 Å². The van der Waals surface area contributed by atoms with Crippen molar-refractivity contribution in [3.8, 4) is 5.75 Å². The van der Waals surface area contributed by atoms with Gasteiger partial charge in [0.1, 0.15) is 5.75 Å². The second-order valence-corrected chi connectivity index (χ2v) is 6.69. The van der Waals surface area contributed by atoms with Crippen molar-refractivity contribution >= 4 is 17.5 Å². The standard InChI is InChI=1S/C20H24ClNO2/c1-12(2)16-11-17(13(3)10-19(16)24-5)14(4)22-20(23)15-8-6-7-9-18(15)21/h6-12,14H,1-5H3,(H,22,23)/t14-/m0/s1. The molecule has 24 heavy (non-hydrogen) atoms. The number of amides is 1. The average molecular weight is 346 g/mol. The number of hydrogen-bond acceptors (Lipinski definition) is 2. The van der Waals surface area contributed by atoms with Crippen LogP contribution in [-0.2, 0) is 0 Å². The smallest absolute Gasteiger partial charge is 0.253 e. The summed E-state index contributed by atoms with van der Waals surface area (Å²) in [5, 5.41) is 3.49. The van der Waals surface area contributed by atoms with Crippen LogP contribution in [0.1, 0.15) is 59.8 Å². The normalized spacial score (nSPS) is 12.1. The van der Waals surface area contributed by atoms with Gasteiger partial charge in [0.15, 0.2) is 0 Å². The lowest BCUT2D eigenvalue weighted by atomic mass is 9.93. The van der Waals surface area contributed by atoms with Crippen molar-refractivity contribution in [2.45, 2.75) is 39.7 Å². The van der Waals surface area contributed by atoms with Gasteiger partial charge in [0.2, 0.25) is 0 Å². The summed E-state index contributed by atoms with van der Waals surface area (Å²) in [6.07, 6.45) is 0. The molecule has 1 amide bonds. The van der Waals surface area contributed by atoms with Gasteiger partial charge in [0, 0.05) is 0 Å². The van der Waals surface area contributed by atoms with E-state index in [0.717, 1.165) is 22.4 Å². The molecule has 1 N–H and O–H groups in total. The van der Waals surface area contributed by atoms with Crippen LogP contribution in [0.5, 0.6) is 5.75 Å². The molecule has 128 valence electrons. The number of halogens is 1. The van der Waals surface area contributed by atoms with Crippen LogP contribution >= 0.6 is 11.6 Å². The van der Waals surface area contributed by atoms with Crippen molar-refractivity contribution in [3.63, 3.8) is 0 Å². The minimum atomic E-state index is -0.172. The molecule has 0 saturated carbocycles. The number of carbonyl (C=O) groups excluding carboxylic acids is 1. The highest BCUT2D eigenvalue weighted by Gasteiger charge is 2.18. The van der Waals surface area contributed by atoms with Crippen molar-refractivity contribution in [2.75, 3.05) is 7.11 Å². The van der Waals surface area contributed by atoms with Gasteiger partial charge in [-0.05, 0) is 60.7 Å². The first-order valence-corrected chi connectivity index (χ1v) is 8.46. The van der Waals surface area contributed by atoms with Gasteiger partial charge in [0.25, 0.3) is 5.91 Å². The van der Waals surface area contributed by atoms with Crippen molar-refractivity contribution in [1.29, 1.82) is 0 Å². The summed E-state index contributed by atoms with van der Waals surface area (Å²) >= 11 is 6.11. The minimum absolute atomic E-state index is 0.128. The Morgan fingerprint density at radius 3 is 2.38 bits per heavy atom. The van der Waals surface area contributed by atoms with E-state index in [-0.39, 0.29) is 11.9 Å². The molecule has 0 aliphatic rings. The number of carbonyl (C=O) groups is 1. The maximum Gasteiger partial charge on any atom is 0.253 e. The third kappa shape index (κ3) is 3.90. The fraction of sp³-hybridized carbons (Fsp3) is 0.350. The third-order valence-electron chi connectivity index (χ3n) is 4.17. The zero-order valence-corrected chi connectivity index (χ0v) is 15.6. The van der Waals surface area contributed by atoms with Gasteiger partial charge in [-0.2, -0.15) is 0 Å². The summed E-state index contributed by atoms with van der Waals surface area (Å²) in [6.45, 7) is 8.27. The lowest BCUT2D eigenvalue weighted by Crippen LogP contribution is -2.27. The molecule has 0 fully saturated rings. The Labute approximate surface area is 149 Å². The first-order chi connectivity index (χ1) is 11.3. The van der Waals surface area contributed by atoms with Crippen LogP contribution in [0.15, 0.2) is 36.4 Å². The Kier molecular flexibility index (Phi) is 5.89. The number of rotatable bonds is 5. The number of aryl methyl sites for hydroxylation is 1. The molecule has 2 aromatic rings. The molecule has 2 rings (SSSR count). The summed E-state index contributed by atoms with van der Waals surface area (Å²) in [5.74, 6) is 1.05. The largest absolute Gasteiger partial charge is 0.496 e. The predicted octanol–water partition coefficient (Wildman–Crippen LogP) is 5.27. The molecule has 0 aromatic heterocycles. The van der Waals surface area contributed by atoms with Crippen LogP contribution in [0.25, 0.3) is 0 Å². The lowest BCUT2D eigenvalue weighted by molar-refractivity contribution is 0.0940. The maximum absolute atomic E-state index is 12.5. The van der Waals surface area contributed by atoms with E-state index in [2.05, 4.69) is 25.2 Å². The van der Waals surface area contributed by atoms with Crippen LogP contribution in [0.2, 0.25) is 5.02 Å². The molecule has 0 bridgehead atoms. The predicted molar refractivity (Wildman–Crippen MR) is 99.2 cm³/mol. The highest BCUT2D eigenvalue weighted by Crippen LogP contribution is 2.32. The van der Waals surface area contributed by atoms with E-state index < -0.39 is 0 Å². The monoisotopic (exact) mass is 345 g/mol. The molecule has 0 radical (unpaired) electrons. The van der Waals surface area contributed by atoms with Gasteiger partial charge >= 0.3 is 0 Å². The lowest BCUT2D eigenvalue weighted by Gasteiger charge is -2.21. The van der Waals surface area contributed by atoms with Crippen molar-refractivity contribution in [2.24, 2.45) is 0 Å². The van der Waals surface area contributed by atoms with E-state index in [9.17, 15) is 4.79 Å². The molecule has 1 atom stereocenters. The van der Waals surface area contributed by atoms with Crippen molar-refractivity contribution < 1.29 is 9.53 Å². The fourth-order valence-corrected chi connectivity index (χ4v) is 3.03. The average Bonchev–Trinajstić information content (AvgIpc) is 2.54.